The first-order valence-electron chi connectivity index (χ1n) is 3.48. The van der Waals surface area contributed by atoms with Crippen molar-refractivity contribution in [3.63, 3.8) is 0 Å². The Morgan fingerprint density at radius 3 is 2.40 bits per heavy atom. The third-order valence-electron chi connectivity index (χ3n) is 1.43. The summed E-state index contributed by atoms with van der Waals surface area (Å²) in [5, 5.41) is 7.10. The zero-order valence-electron chi connectivity index (χ0n) is 6.74. The van der Waals surface area contributed by atoms with Crippen LogP contribution in [-0.2, 0) is 4.94 Å². The maximum atomic E-state index is 4.67. The van der Waals surface area contributed by atoms with Crippen LogP contribution in [0, 0.1) is 5.92 Å². The molecule has 4 nitrogen and oxygen atoms in total. The smallest absolute Gasteiger partial charge is 0.0765 e. The van der Waals surface area contributed by atoms with Crippen molar-refractivity contribution < 1.29 is 4.94 Å². The Balaban J connectivity index is 3.71. The molecule has 60 valence electrons. The molecular weight excluding hydrogens is 130 g/mol. The summed E-state index contributed by atoms with van der Waals surface area (Å²) in [6.07, 6.45) is 0.963. The molecule has 0 bridgehead atoms. The van der Waals surface area contributed by atoms with E-state index in [0.717, 1.165) is 6.42 Å². The van der Waals surface area contributed by atoms with Crippen molar-refractivity contribution in [1.29, 1.82) is 0 Å². The highest BCUT2D eigenvalue weighted by molar-refractivity contribution is 4.64. The molecule has 0 aliphatic carbocycles. The van der Waals surface area contributed by atoms with Crippen LogP contribution in [0.2, 0.25) is 0 Å². The van der Waals surface area contributed by atoms with Crippen LogP contribution in [0.4, 0.5) is 0 Å². The van der Waals surface area contributed by atoms with Crippen LogP contribution in [0.15, 0.2) is 10.4 Å². The average Bonchev–Trinajstić information content (AvgIpc) is 1.89. The third kappa shape index (κ3) is 3.40. The van der Waals surface area contributed by atoms with Gasteiger partial charge in [-0.05, 0) is 12.3 Å². The van der Waals surface area contributed by atoms with Crippen LogP contribution in [0.3, 0.4) is 0 Å². The van der Waals surface area contributed by atoms with Gasteiger partial charge in [0.15, 0.2) is 0 Å². The van der Waals surface area contributed by atoms with E-state index in [1.807, 2.05) is 0 Å². The van der Waals surface area contributed by atoms with E-state index in [2.05, 4.69) is 42.0 Å². The lowest BCUT2D eigenvalue weighted by Crippen LogP contribution is -2.10. The van der Waals surface area contributed by atoms with Crippen molar-refractivity contribution in [2.45, 2.75) is 33.2 Å². The molecule has 0 aromatic carbocycles. The molecule has 0 rings (SSSR count). The van der Waals surface area contributed by atoms with Crippen molar-refractivity contribution in [2.75, 3.05) is 0 Å². The predicted molar refractivity (Wildman–Crippen MR) is 39.0 cm³/mol. The normalized spacial score (nSPS) is 14.5. The van der Waals surface area contributed by atoms with Crippen LogP contribution >= 0.6 is 0 Å². The lowest BCUT2D eigenvalue weighted by Gasteiger charge is -2.10. The Morgan fingerprint density at radius 1 is 1.50 bits per heavy atom. The van der Waals surface area contributed by atoms with Crippen LogP contribution in [0.5, 0.6) is 0 Å². The van der Waals surface area contributed by atoms with E-state index in [1.54, 1.807) is 0 Å². The van der Waals surface area contributed by atoms with E-state index in [-0.39, 0.29) is 6.04 Å². The van der Waals surface area contributed by atoms with Gasteiger partial charge >= 0.3 is 0 Å². The minimum atomic E-state index is 0.226. The monoisotopic (exact) mass is 145 g/mol. The van der Waals surface area contributed by atoms with Gasteiger partial charge in [0, 0.05) is 5.28 Å². The number of hydrogen-bond acceptors (Lipinski definition) is 4. The quantitative estimate of drug-likeness (QED) is 0.483. The molecule has 10 heavy (non-hydrogen) atoms. The summed E-state index contributed by atoms with van der Waals surface area (Å²) >= 11 is 0. The maximum absolute atomic E-state index is 4.67. The van der Waals surface area contributed by atoms with E-state index in [4.69, 9.17) is 0 Å². The Kier molecular flexibility index (Phi) is 4.84. The number of nitrogens with two attached hydrogens (primary N) is 1. The zero-order valence-corrected chi connectivity index (χ0v) is 6.74. The molecule has 1 atom stereocenters. The molecule has 0 aliphatic heterocycles. The van der Waals surface area contributed by atoms with E-state index < -0.39 is 0 Å². The molecule has 0 fully saturated rings. The highest BCUT2D eigenvalue weighted by atomic mass is 16.8. The Labute approximate surface area is 61.4 Å². The number of rotatable bonds is 4. The highest BCUT2D eigenvalue weighted by Crippen LogP contribution is 2.09. The molecule has 0 heterocycles. The summed E-state index contributed by atoms with van der Waals surface area (Å²) in [6, 6.07) is 0.226. The largest absolute Gasteiger partial charge is 0.283 e. The first-order chi connectivity index (χ1) is 4.72. The van der Waals surface area contributed by atoms with Crippen LogP contribution in [-0.4, -0.2) is 6.04 Å². The first-order valence-corrected chi connectivity index (χ1v) is 3.48. The Morgan fingerprint density at radius 2 is 2.10 bits per heavy atom. The Hall–Kier alpha value is -0.640. The highest BCUT2D eigenvalue weighted by Gasteiger charge is 2.08. The van der Waals surface area contributed by atoms with E-state index >= 15 is 0 Å². The molecule has 0 aromatic rings. The summed E-state index contributed by atoms with van der Waals surface area (Å²) in [4.78, 5) is 3.98. The van der Waals surface area contributed by atoms with Gasteiger partial charge in [0.25, 0.3) is 0 Å². The molecule has 0 aromatic heterocycles. The van der Waals surface area contributed by atoms with Crippen molar-refractivity contribution in [3.05, 3.63) is 0 Å². The van der Waals surface area contributed by atoms with Crippen LogP contribution < -0.4 is 5.90 Å². The molecule has 0 amide bonds. The lowest BCUT2D eigenvalue weighted by atomic mass is 10.0. The first kappa shape index (κ1) is 9.36. The summed E-state index contributed by atoms with van der Waals surface area (Å²) in [5.74, 6) is 5.16. The lowest BCUT2D eigenvalue weighted by molar-refractivity contribution is 0.119. The Bertz CT molecular complexity index is 103. The topological polar surface area (TPSA) is 60.0 Å². The fourth-order valence-corrected chi connectivity index (χ4v) is 0.774. The summed E-state index contributed by atoms with van der Waals surface area (Å²) in [6.45, 7) is 6.23. The molecule has 1 unspecified atom stereocenters. The van der Waals surface area contributed by atoms with Crippen molar-refractivity contribution in [1.82, 2.24) is 0 Å². The SMILES string of the molecule is CCC(/N=N\ON)C(C)C. The summed E-state index contributed by atoms with van der Waals surface area (Å²) < 4.78 is 0. The summed E-state index contributed by atoms with van der Waals surface area (Å²) in [5.41, 5.74) is 0. The molecular formula is C6H15N3O. The van der Waals surface area contributed by atoms with Gasteiger partial charge < -0.3 is 0 Å². The number of nitrogens with zero attached hydrogens (tertiary/aromatic N) is 2. The second-order valence-electron chi connectivity index (χ2n) is 2.52. The van der Waals surface area contributed by atoms with Crippen LogP contribution in [0.1, 0.15) is 27.2 Å². The predicted octanol–water partition coefficient (Wildman–Crippen LogP) is 1.68. The van der Waals surface area contributed by atoms with Gasteiger partial charge in [-0.3, -0.25) is 4.94 Å². The van der Waals surface area contributed by atoms with E-state index in [1.165, 1.54) is 0 Å². The van der Waals surface area contributed by atoms with Crippen LogP contribution in [0.25, 0.3) is 0 Å². The maximum Gasteiger partial charge on any atom is 0.0765 e. The van der Waals surface area contributed by atoms with E-state index in [0.29, 0.717) is 5.92 Å². The van der Waals surface area contributed by atoms with Crippen molar-refractivity contribution in [2.24, 2.45) is 22.2 Å². The van der Waals surface area contributed by atoms with Gasteiger partial charge in [-0.15, -0.1) is 11.0 Å². The molecule has 0 radical (unpaired) electrons. The average molecular weight is 145 g/mol. The molecule has 0 saturated heterocycles. The third-order valence-corrected chi connectivity index (χ3v) is 1.43. The fraction of sp³-hybridized carbons (Fsp3) is 1.00. The van der Waals surface area contributed by atoms with Gasteiger partial charge in [-0.1, -0.05) is 20.8 Å². The van der Waals surface area contributed by atoms with Gasteiger partial charge in [0.2, 0.25) is 0 Å². The van der Waals surface area contributed by atoms with Crippen molar-refractivity contribution >= 4 is 0 Å². The minimum Gasteiger partial charge on any atom is -0.283 e. The number of hydrogen-bond donors (Lipinski definition) is 1. The van der Waals surface area contributed by atoms with Gasteiger partial charge in [-0.25, -0.2) is 0 Å². The minimum absolute atomic E-state index is 0.226. The molecule has 0 aliphatic rings. The van der Waals surface area contributed by atoms with Gasteiger partial charge in [0.1, 0.15) is 0 Å². The fourth-order valence-electron chi connectivity index (χ4n) is 0.774. The molecule has 0 spiro atoms. The summed E-state index contributed by atoms with van der Waals surface area (Å²) in [7, 11) is 0. The van der Waals surface area contributed by atoms with Gasteiger partial charge in [0.05, 0.1) is 6.04 Å². The van der Waals surface area contributed by atoms with Gasteiger partial charge in [-0.2, -0.15) is 0 Å². The van der Waals surface area contributed by atoms with Crippen molar-refractivity contribution in [3.8, 4) is 0 Å². The second-order valence-corrected chi connectivity index (χ2v) is 2.52. The standard InChI is InChI=1S/C6H15N3O/c1-4-6(5(2)3)8-9-10-7/h5-6H,4,7H2,1-3H3/b9-8-. The second kappa shape index (κ2) is 5.17. The zero-order chi connectivity index (χ0) is 7.98. The van der Waals surface area contributed by atoms with E-state index in [9.17, 15) is 0 Å². The molecule has 2 N–H and O–H groups in total. The molecule has 4 heteroatoms. The molecule has 0 saturated carbocycles.